The van der Waals surface area contributed by atoms with Crippen molar-refractivity contribution in [2.75, 3.05) is 6.79 Å². The van der Waals surface area contributed by atoms with Crippen molar-refractivity contribution in [3.05, 3.63) is 28.7 Å². The van der Waals surface area contributed by atoms with Gasteiger partial charge in [0.2, 0.25) is 6.79 Å². The lowest BCUT2D eigenvalue weighted by Crippen LogP contribution is -2.00. The lowest BCUT2D eigenvalue weighted by Gasteiger charge is -1.98. The zero-order valence-electron chi connectivity index (χ0n) is 7.61. The highest BCUT2D eigenvalue weighted by atomic mass is 16.7. The molecule has 3 rings (SSSR count). The highest BCUT2D eigenvalue weighted by Crippen LogP contribution is 2.34. The van der Waals surface area contributed by atoms with Gasteiger partial charge < -0.3 is 9.47 Å². The van der Waals surface area contributed by atoms with Gasteiger partial charge in [-0.25, -0.2) is 9.89 Å². The Hall–Kier alpha value is -2.24. The zero-order valence-corrected chi connectivity index (χ0v) is 7.61. The van der Waals surface area contributed by atoms with Gasteiger partial charge in [-0.05, 0) is 18.2 Å². The lowest BCUT2D eigenvalue weighted by molar-refractivity contribution is 0.174. The van der Waals surface area contributed by atoms with Crippen molar-refractivity contribution in [2.24, 2.45) is 0 Å². The number of rotatable bonds is 1. The van der Waals surface area contributed by atoms with E-state index in [1.165, 1.54) is 0 Å². The van der Waals surface area contributed by atoms with Gasteiger partial charge >= 0.3 is 5.69 Å². The maximum atomic E-state index is 10.9. The molecule has 0 saturated heterocycles. The van der Waals surface area contributed by atoms with Crippen LogP contribution in [0, 0.1) is 0 Å². The number of H-pyrrole nitrogens is 2. The van der Waals surface area contributed by atoms with Crippen LogP contribution in [-0.2, 0) is 0 Å². The topological polar surface area (TPSA) is 80.0 Å². The zero-order chi connectivity index (χ0) is 10.3. The predicted octanol–water partition coefficient (Wildman–Crippen LogP) is 0.494. The average Bonchev–Trinajstić information content (AvgIpc) is 2.84. The summed E-state index contributed by atoms with van der Waals surface area (Å²) in [6, 6.07) is 5.36. The van der Waals surface area contributed by atoms with E-state index in [0.717, 1.165) is 5.56 Å². The molecular weight excluding hydrogens is 198 g/mol. The van der Waals surface area contributed by atoms with Crippen LogP contribution in [0.15, 0.2) is 23.0 Å². The van der Waals surface area contributed by atoms with Crippen LogP contribution in [0.25, 0.3) is 11.4 Å². The van der Waals surface area contributed by atoms with Crippen LogP contribution < -0.4 is 15.2 Å². The van der Waals surface area contributed by atoms with Crippen LogP contribution in [-0.4, -0.2) is 22.0 Å². The van der Waals surface area contributed by atoms with Gasteiger partial charge in [-0.2, -0.15) is 5.10 Å². The molecule has 0 bridgehead atoms. The minimum absolute atomic E-state index is 0.232. The Morgan fingerprint density at radius 2 is 2.13 bits per heavy atom. The summed E-state index contributed by atoms with van der Waals surface area (Å²) in [4.78, 5) is 13.4. The molecule has 2 heterocycles. The number of benzene rings is 1. The minimum atomic E-state index is -0.331. The Morgan fingerprint density at radius 1 is 1.27 bits per heavy atom. The van der Waals surface area contributed by atoms with Gasteiger partial charge in [0.05, 0.1) is 0 Å². The van der Waals surface area contributed by atoms with Crippen LogP contribution in [0.1, 0.15) is 0 Å². The second-order valence-electron chi connectivity index (χ2n) is 3.09. The van der Waals surface area contributed by atoms with E-state index in [2.05, 4.69) is 15.2 Å². The number of ether oxygens (including phenoxy) is 2. The first-order valence-electron chi connectivity index (χ1n) is 4.37. The molecular formula is C9H7N3O3. The van der Waals surface area contributed by atoms with Crippen LogP contribution >= 0.6 is 0 Å². The summed E-state index contributed by atoms with van der Waals surface area (Å²) in [6.07, 6.45) is 0. The molecule has 0 unspecified atom stereocenters. The maximum Gasteiger partial charge on any atom is 0.340 e. The normalized spacial score (nSPS) is 13.1. The van der Waals surface area contributed by atoms with Crippen LogP contribution in [0.2, 0.25) is 0 Å². The summed E-state index contributed by atoms with van der Waals surface area (Å²) >= 11 is 0. The third-order valence-corrected chi connectivity index (χ3v) is 2.15. The van der Waals surface area contributed by atoms with E-state index in [9.17, 15) is 4.79 Å². The largest absolute Gasteiger partial charge is 0.454 e. The summed E-state index contributed by atoms with van der Waals surface area (Å²) in [7, 11) is 0. The fourth-order valence-corrected chi connectivity index (χ4v) is 1.45. The first-order valence-corrected chi connectivity index (χ1v) is 4.37. The SMILES string of the molecule is O=c1[nH]nc(-c2ccc3c(c2)OCO3)[nH]1. The van der Waals surface area contributed by atoms with E-state index in [1.807, 2.05) is 0 Å². The predicted molar refractivity (Wildman–Crippen MR) is 50.8 cm³/mol. The highest BCUT2D eigenvalue weighted by Gasteiger charge is 2.14. The molecule has 1 aliphatic heterocycles. The van der Waals surface area contributed by atoms with Gasteiger partial charge in [0.25, 0.3) is 0 Å². The molecule has 6 heteroatoms. The average molecular weight is 205 g/mol. The Morgan fingerprint density at radius 3 is 2.93 bits per heavy atom. The van der Waals surface area contributed by atoms with E-state index in [4.69, 9.17) is 9.47 Å². The Bertz CT molecular complexity index is 558. The van der Waals surface area contributed by atoms with Gasteiger partial charge in [0.1, 0.15) is 0 Å². The minimum Gasteiger partial charge on any atom is -0.454 e. The number of fused-ring (bicyclic) bond motifs is 1. The third-order valence-electron chi connectivity index (χ3n) is 2.15. The monoisotopic (exact) mass is 205 g/mol. The van der Waals surface area contributed by atoms with E-state index in [1.54, 1.807) is 18.2 Å². The summed E-state index contributed by atoms with van der Waals surface area (Å²) in [5, 5.41) is 6.12. The molecule has 0 radical (unpaired) electrons. The van der Waals surface area contributed by atoms with Crippen molar-refractivity contribution in [3.63, 3.8) is 0 Å². The number of nitrogens with zero attached hydrogens (tertiary/aromatic N) is 1. The fourth-order valence-electron chi connectivity index (χ4n) is 1.45. The van der Waals surface area contributed by atoms with Crippen molar-refractivity contribution in [1.29, 1.82) is 0 Å². The van der Waals surface area contributed by atoms with Crippen molar-refractivity contribution in [1.82, 2.24) is 15.2 Å². The van der Waals surface area contributed by atoms with E-state index < -0.39 is 0 Å². The fraction of sp³-hybridized carbons (Fsp3) is 0.111. The molecule has 0 saturated carbocycles. The Labute approximate surface area is 83.9 Å². The van der Waals surface area contributed by atoms with E-state index >= 15 is 0 Å². The first-order chi connectivity index (χ1) is 7.33. The maximum absolute atomic E-state index is 10.9. The standard InChI is InChI=1S/C9H7N3O3/c13-9-10-8(11-12-9)5-1-2-6-7(3-5)15-4-14-6/h1-3H,4H2,(H2,10,11,12,13). The van der Waals surface area contributed by atoms with Gasteiger partial charge in [-0.3, -0.25) is 4.98 Å². The Balaban J connectivity index is 2.10. The van der Waals surface area contributed by atoms with Crippen molar-refractivity contribution in [2.45, 2.75) is 0 Å². The molecule has 0 spiro atoms. The van der Waals surface area contributed by atoms with Crippen LogP contribution in [0.4, 0.5) is 0 Å². The molecule has 0 fully saturated rings. The van der Waals surface area contributed by atoms with Crippen molar-refractivity contribution in [3.8, 4) is 22.9 Å². The van der Waals surface area contributed by atoms with Crippen LogP contribution in [0.5, 0.6) is 11.5 Å². The number of aromatic amines is 2. The van der Waals surface area contributed by atoms with Crippen LogP contribution in [0.3, 0.4) is 0 Å². The molecule has 0 amide bonds. The molecule has 0 atom stereocenters. The summed E-state index contributed by atoms with van der Waals surface area (Å²) in [5.41, 5.74) is 0.445. The highest BCUT2D eigenvalue weighted by molar-refractivity contribution is 5.61. The molecule has 6 nitrogen and oxygen atoms in total. The van der Waals surface area contributed by atoms with Gasteiger partial charge in [-0.1, -0.05) is 0 Å². The van der Waals surface area contributed by atoms with Gasteiger partial charge in [0, 0.05) is 5.56 Å². The second-order valence-corrected chi connectivity index (χ2v) is 3.09. The molecule has 76 valence electrons. The summed E-state index contributed by atoms with van der Waals surface area (Å²) in [5.74, 6) is 1.85. The molecule has 1 aliphatic rings. The molecule has 0 aliphatic carbocycles. The smallest absolute Gasteiger partial charge is 0.340 e. The molecule has 15 heavy (non-hydrogen) atoms. The number of hydrogen-bond donors (Lipinski definition) is 2. The van der Waals surface area contributed by atoms with Crippen molar-refractivity contribution < 1.29 is 9.47 Å². The van der Waals surface area contributed by atoms with Gasteiger partial charge in [-0.15, -0.1) is 0 Å². The third kappa shape index (κ3) is 1.26. The van der Waals surface area contributed by atoms with Gasteiger partial charge in [0.15, 0.2) is 17.3 Å². The molecule has 2 N–H and O–H groups in total. The van der Waals surface area contributed by atoms with E-state index in [0.29, 0.717) is 17.3 Å². The quantitative estimate of drug-likeness (QED) is 0.710. The summed E-state index contributed by atoms with van der Waals surface area (Å²) in [6.45, 7) is 0.232. The first kappa shape index (κ1) is 8.10. The number of hydrogen-bond acceptors (Lipinski definition) is 4. The van der Waals surface area contributed by atoms with E-state index in [-0.39, 0.29) is 12.5 Å². The Kier molecular flexibility index (Phi) is 1.55. The number of nitrogens with one attached hydrogen (secondary N) is 2. The molecule has 1 aromatic carbocycles. The second kappa shape index (κ2) is 2.88. The molecule has 2 aromatic rings. The number of aromatic nitrogens is 3. The summed E-state index contributed by atoms with van der Waals surface area (Å²) < 4.78 is 10.4. The molecule has 1 aromatic heterocycles. The van der Waals surface area contributed by atoms with Crippen molar-refractivity contribution >= 4 is 0 Å². The lowest BCUT2D eigenvalue weighted by atomic mass is 10.2.